The molecule has 2 N–H and O–H groups in total. The molecule has 0 unspecified atom stereocenters. The van der Waals surface area contributed by atoms with Crippen LogP contribution in [-0.4, -0.2) is 29.9 Å². The van der Waals surface area contributed by atoms with Crippen LogP contribution in [0.15, 0.2) is 47.1 Å². The van der Waals surface area contributed by atoms with Crippen LogP contribution in [0.3, 0.4) is 0 Å². The minimum atomic E-state index is -0.931. The van der Waals surface area contributed by atoms with E-state index in [4.69, 9.17) is 9.15 Å². The SMILES string of the molecule is C[C@H](OC(=O)c1ccccc1NC(=O)c1ccco1)C(=O)NC1CCCCCC1. The first-order valence-electron chi connectivity index (χ1n) is 10.00. The van der Waals surface area contributed by atoms with Crippen molar-refractivity contribution in [3.8, 4) is 0 Å². The molecule has 1 fully saturated rings. The maximum absolute atomic E-state index is 12.6. The van der Waals surface area contributed by atoms with Crippen molar-refractivity contribution in [3.63, 3.8) is 0 Å². The van der Waals surface area contributed by atoms with Crippen LogP contribution in [0.1, 0.15) is 66.4 Å². The molecule has 0 saturated heterocycles. The van der Waals surface area contributed by atoms with Crippen molar-refractivity contribution in [1.29, 1.82) is 0 Å². The van der Waals surface area contributed by atoms with Gasteiger partial charge in [0.15, 0.2) is 11.9 Å². The van der Waals surface area contributed by atoms with Gasteiger partial charge in [0, 0.05) is 6.04 Å². The molecule has 154 valence electrons. The predicted molar refractivity (Wildman–Crippen MR) is 108 cm³/mol. The number of furan rings is 1. The molecule has 1 aliphatic rings. The summed E-state index contributed by atoms with van der Waals surface area (Å²) in [4.78, 5) is 37.3. The van der Waals surface area contributed by atoms with E-state index in [1.807, 2.05) is 0 Å². The highest BCUT2D eigenvalue weighted by molar-refractivity contribution is 6.06. The third-order valence-corrected chi connectivity index (χ3v) is 4.99. The van der Waals surface area contributed by atoms with Crippen molar-refractivity contribution < 1.29 is 23.5 Å². The summed E-state index contributed by atoms with van der Waals surface area (Å²) >= 11 is 0. The lowest BCUT2D eigenvalue weighted by Crippen LogP contribution is -2.41. The summed E-state index contributed by atoms with van der Waals surface area (Å²) < 4.78 is 10.4. The highest BCUT2D eigenvalue weighted by Gasteiger charge is 2.24. The second-order valence-corrected chi connectivity index (χ2v) is 7.22. The number of carbonyl (C=O) groups excluding carboxylic acids is 3. The number of benzene rings is 1. The van der Waals surface area contributed by atoms with E-state index >= 15 is 0 Å². The van der Waals surface area contributed by atoms with Crippen LogP contribution < -0.4 is 10.6 Å². The Labute approximate surface area is 169 Å². The van der Waals surface area contributed by atoms with Gasteiger partial charge in [-0.1, -0.05) is 37.8 Å². The number of hydrogen-bond acceptors (Lipinski definition) is 5. The van der Waals surface area contributed by atoms with Gasteiger partial charge in [-0.05, 0) is 44.0 Å². The standard InChI is InChI=1S/C22H26N2O5/c1-15(20(25)23-16-9-4-2-3-5-10-16)29-22(27)17-11-6-7-12-18(17)24-21(26)19-13-8-14-28-19/h6-8,11-16H,2-5,9-10H2,1H3,(H,23,25)(H,24,26)/t15-/m0/s1. The van der Waals surface area contributed by atoms with E-state index in [1.54, 1.807) is 31.2 Å². The topological polar surface area (TPSA) is 97.6 Å². The number of rotatable bonds is 6. The molecule has 0 radical (unpaired) electrons. The van der Waals surface area contributed by atoms with E-state index in [0.29, 0.717) is 0 Å². The van der Waals surface area contributed by atoms with Crippen LogP contribution in [0.5, 0.6) is 0 Å². The number of esters is 1. The van der Waals surface area contributed by atoms with Crippen LogP contribution in [0, 0.1) is 0 Å². The Morgan fingerprint density at radius 2 is 1.76 bits per heavy atom. The van der Waals surface area contributed by atoms with Gasteiger partial charge >= 0.3 is 5.97 Å². The van der Waals surface area contributed by atoms with Crippen molar-refractivity contribution in [2.75, 3.05) is 5.32 Å². The molecule has 2 amide bonds. The number of anilines is 1. The lowest BCUT2D eigenvalue weighted by Gasteiger charge is -2.20. The van der Waals surface area contributed by atoms with Crippen LogP contribution in [0.2, 0.25) is 0 Å². The van der Waals surface area contributed by atoms with Crippen molar-refractivity contribution in [1.82, 2.24) is 5.32 Å². The number of nitrogens with one attached hydrogen (secondary N) is 2. The predicted octanol–water partition coefficient (Wildman–Crippen LogP) is 3.92. The molecule has 3 rings (SSSR count). The molecule has 1 saturated carbocycles. The lowest BCUT2D eigenvalue weighted by molar-refractivity contribution is -0.129. The van der Waals surface area contributed by atoms with Crippen LogP contribution in [-0.2, 0) is 9.53 Å². The Bertz CT molecular complexity index is 839. The van der Waals surface area contributed by atoms with Gasteiger partial charge < -0.3 is 19.8 Å². The summed E-state index contributed by atoms with van der Waals surface area (Å²) in [5.74, 6) is -1.33. The molecule has 1 aromatic carbocycles. The number of amides is 2. The fourth-order valence-electron chi connectivity index (χ4n) is 3.38. The molecule has 7 nitrogen and oxygen atoms in total. The second kappa shape index (κ2) is 9.91. The molecule has 29 heavy (non-hydrogen) atoms. The molecular weight excluding hydrogens is 372 g/mol. The number of para-hydroxylation sites is 1. The van der Waals surface area contributed by atoms with E-state index < -0.39 is 18.0 Å². The summed E-state index contributed by atoms with van der Waals surface area (Å²) in [5.41, 5.74) is 0.455. The number of carbonyl (C=O) groups is 3. The first kappa shape index (κ1) is 20.6. The van der Waals surface area contributed by atoms with E-state index in [9.17, 15) is 14.4 Å². The first-order chi connectivity index (χ1) is 14.0. The Morgan fingerprint density at radius 3 is 2.45 bits per heavy atom. The average molecular weight is 398 g/mol. The normalized spacial score (nSPS) is 15.8. The molecule has 7 heteroatoms. The molecule has 1 aliphatic carbocycles. The molecule has 1 atom stereocenters. The van der Waals surface area contributed by atoms with Gasteiger partial charge in [0.1, 0.15) is 0 Å². The molecule has 0 spiro atoms. The van der Waals surface area contributed by atoms with Gasteiger partial charge in [-0.2, -0.15) is 0 Å². The van der Waals surface area contributed by atoms with Crippen molar-refractivity contribution in [2.24, 2.45) is 0 Å². The van der Waals surface area contributed by atoms with Gasteiger partial charge in [-0.15, -0.1) is 0 Å². The van der Waals surface area contributed by atoms with Gasteiger partial charge in [-0.25, -0.2) is 4.79 Å². The quantitative estimate of drug-likeness (QED) is 0.568. The van der Waals surface area contributed by atoms with Crippen LogP contribution >= 0.6 is 0 Å². The molecule has 1 heterocycles. The third-order valence-electron chi connectivity index (χ3n) is 4.99. The van der Waals surface area contributed by atoms with Crippen molar-refractivity contribution in [3.05, 3.63) is 54.0 Å². The zero-order chi connectivity index (χ0) is 20.6. The first-order valence-corrected chi connectivity index (χ1v) is 10.00. The second-order valence-electron chi connectivity index (χ2n) is 7.22. The molecular formula is C22H26N2O5. The summed E-state index contributed by atoms with van der Waals surface area (Å²) in [6, 6.07) is 9.74. The molecule has 0 bridgehead atoms. The minimum absolute atomic E-state index is 0.129. The summed E-state index contributed by atoms with van der Waals surface area (Å²) in [6.07, 6.45) is 6.95. The lowest BCUT2D eigenvalue weighted by atomic mass is 10.1. The summed E-state index contributed by atoms with van der Waals surface area (Å²) in [6.45, 7) is 1.55. The highest BCUT2D eigenvalue weighted by Crippen LogP contribution is 2.19. The number of ether oxygens (including phenoxy) is 1. The Balaban J connectivity index is 1.61. The van der Waals surface area contributed by atoms with Gasteiger partial charge in [0.05, 0.1) is 17.5 Å². The van der Waals surface area contributed by atoms with Crippen molar-refractivity contribution >= 4 is 23.5 Å². The van der Waals surface area contributed by atoms with Gasteiger partial charge in [0.25, 0.3) is 11.8 Å². The average Bonchev–Trinajstić information content (AvgIpc) is 3.14. The molecule has 0 aliphatic heterocycles. The van der Waals surface area contributed by atoms with Gasteiger partial charge in [-0.3, -0.25) is 9.59 Å². The fraction of sp³-hybridized carbons (Fsp3) is 0.409. The molecule has 1 aromatic heterocycles. The van der Waals surface area contributed by atoms with Gasteiger partial charge in [0.2, 0.25) is 0 Å². The maximum atomic E-state index is 12.6. The Kier molecular flexibility index (Phi) is 7.05. The third kappa shape index (κ3) is 5.70. The van der Waals surface area contributed by atoms with E-state index in [-0.39, 0.29) is 29.0 Å². The molecule has 2 aromatic rings. The minimum Gasteiger partial charge on any atom is -0.459 e. The van der Waals surface area contributed by atoms with E-state index in [1.165, 1.54) is 31.2 Å². The summed E-state index contributed by atoms with van der Waals surface area (Å²) in [7, 11) is 0. The highest BCUT2D eigenvalue weighted by atomic mass is 16.5. The zero-order valence-electron chi connectivity index (χ0n) is 16.5. The zero-order valence-corrected chi connectivity index (χ0v) is 16.5. The van der Waals surface area contributed by atoms with Crippen LogP contribution in [0.25, 0.3) is 0 Å². The largest absolute Gasteiger partial charge is 0.459 e. The summed E-state index contributed by atoms with van der Waals surface area (Å²) in [5, 5.41) is 5.62. The maximum Gasteiger partial charge on any atom is 0.341 e. The van der Waals surface area contributed by atoms with E-state index in [2.05, 4.69) is 10.6 Å². The smallest absolute Gasteiger partial charge is 0.341 e. The van der Waals surface area contributed by atoms with Crippen molar-refractivity contribution in [2.45, 2.75) is 57.6 Å². The number of hydrogen-bond donors (Lipinski definition) is 2. The van der Waals surface area contributed by atoms with Crippen LogP contribution in [0.4, 0.5) is 5.69 Å². The Hall–Kier alpha value is -3.09. The monoisotopic (exact) mass is 398 g/mol. The fourth-order valence-corrected chi connectivity index (χ4v) is 3.38. The van der Waals surface area contributed by atoms with E-state index in [0.717, 1.165) is 25.7 Å². The Morgan fingerprint density at radius 1 is 1.03 bits per heavy atom.